The first-order valence-electron chi connectivity index (χ1n) is 1.70. The van der Waals surface area contributed by atoms with Gasteiger partial charge in [-0.25, -0.2) is 0 Å². The molecule has 0 aromatic carbocycles. The Bertz CT molecular complexity index is 15.0. The van der Waals surface area contributed by atoms with Crippen molar-refractivity contribution in [2.24, 2.45) is 0 Å². The third kappa shape index (κ3) is 9.07. The minimum absolute atomic E-state index is 0. The van der Waals surface area contributed by atoms with Crippen molar-refractivity contribution in [3.8, 4) is 0 Å². The number of hydrogen-bond acceptors (Lipinski definition) is 2. The van der Waals surface area contributed by atoms with E-state index < -0.39 is 0 Å². The third-order valence-corrected chi connectivity index (χ3v) is 0.348. The fourth-order valence-corrected chi connectivity index (χ4v) is 0.144. The second-order valence-electron chi connectivity index (χ2n) is 0.846. The summed E-state index contributed by atoms with van der Waals surface area (Å²) in [6, 6.07) is 0. The molecule has 0 fully saturated rings. The molecule has 0 saturated heterocycles. The molecule has 0 unspecified atom stereocenters. The number of rotatable bonds is 2. The molecule has 0 aliphatic carbocycles. The molecule has 0 bridgehead atoms. The second-order valence-corrected chi connectivity index (χ2v) is 0.846. The fraction of sp³-hybridized carbons (Fsp3) is 0.750. The predicted molar refractivity (Wildman–Crippen MR) is 26.9 cm³/mol. The first kappa shape index (κ1) is 9.33. The van der Waals surface area contributed by atoms with Crippen LogP contribution < -0.4 is 6.15 Å². The van der Waals surface area contributed by atoms with Gasteiger partial charge in [-0.2, -0.15) is 0 Å². The molecule has 0 amide bonds. The van der Waals surface area contributed by atoms with Crippen molar-refractivity contribution in [3.05, 3.63) is 6.92 Å². The molecular formula is C4H12NO. The molecule has 0 atom stereocenters. The maximum atomic E-state index is 4.63. The average Bonchev–Trinajstić information content (AvgIpc) is 1.41. The Hall–Kier alpha value is -0.0800. The lowest BCUT2D eigenvalue weighted by Crippen LogP contribution is -1.81. The fourth-order valence-electron chi connectivity index (χ4n) is 0.144. The van der Waals surface area contributed by atoms with Crippen molar-refractivity contribution >= 4 is 0 Å². The highest BCUT2D eigenvalue weighted by Crippen LogP contribution is 1.69. The molecule has 0 saturated carbocycles. The Morgan fingerprint density at radius 1 is 1.67 bits per heavy atom. The second kappa shape index (κ2) is 8.87. The smallest absolute Gasteiger partial charge is 0.0462 e. The summed E-state index contributed by atoms with van der Waals surface area (Å²) < 4.78 is 4.63. The first-order chi connectivity index (χ1) is 2.41. The van der Waals surface area contributed by atoms with Crippen LogP contribution in [0.25, 0.3) is 0 Å². The summed E-state index contributed by atoms with van der Waals surface area (Å²) in [5.41, 5.74) is 0. The topological polar surface area (TPSA) is 44.2 Å². The lowest BCUT2D eigenvalue weighted by Gasteiger charge is -1.84. The Morgan fingerprint density at radius 2 is 2.17 bits per heavy atom. The molecule has 0 spiro atoms. The van der Waals surface area contributed by atoms with Crippen LogP contribution in [0, 0.1) is 6.92 Å². The molecule has 0 aromatic rings. The van der Waals surface area contributed by atoms with Crippen LogP contribution in [0.15, 0.2) is 0 Å². The van der Waals surface area contributed by atoms with E-state index in [1.165, 1.54) is 0 Å². The zero-order valence-electron chi connectivity index (χ0n) is 4.24. The average molecular weight is 90.1 g/mol. The van der Waals surface area contributed by atoms with Gasteiger partial charge in [0.1, 0.15) is 0 Å². The molecule has 0 aromatic heterocycles. The molecule has 2 nitrogen and oxygen atoms in total. The van der Waals surface area contributed by atoms with Gasteiger partial charge in [-0.05, 0) is 6.42 Å². The van der Waals surface area contributed by atoms with E-state index >= 15 is 0 Å². The number of methoxy groups -OCH3 is 1. The Morgan fingerprint density at radius 3 is 2.17 bits per heavy atom. The minimum Gasteiger partial charge on any atom is -0.385 e. The van der Waals surface area contributed by atoms with Crippen LogP contribution in [0.3, 0.4) is 0 Å². The van der Waals surface area contributed by atoms with Crippen molar-refractivity contribution in [1.82, 2.24) is 6.15 Å². The third-order valence-electron chi connectivity index (χ3n) is 0.348. The largest absolute Gasteiger partial charge is 0.385 e. The van der Waals surface area contributed by atoms with Crippen LogP contribution >= 0.6 is 0 Å². The molecule has 0 heterocycles. The van der Waals surface area contributed by atoms with E-state index in [2.05, 4.69) is 11.7 Å². The van der Waals surface area contributed by atoms with Gasteiger partial charge in [0.25, 0.3) is 0 Å². The van der Waals surface area contributed by atoms with Gasteiger partial charge in [-0.15, -0.1) is 0 Å². The number of hydrogen-bond donors (Lipinski definition) is 1. The number of ether oxygens (including phenoxy) is 1. The van der Waals surface area contributed by atoms with Crippen molar-refractivity contribution in [1.29, 1.82) is 0 Å². The van der Waals surface area contributed by atoms with E-state index in [1.807, 2.05) is 0 Å². The van der Waals surface area contributed by atoms with Crippen LogP contribution in [0.5, 0.6) is 0 Å². The summed E-state index contributed by atoms with van der Waals surface area (Å²) in [6.45, 7) is 4.33. The van der Waals surface area contributed by atoms with Gasteiger partial charge in [0.05, 0.1) is 0 Å². The molecular weight excluding hydrogens is 78.0 g/mol. The molecule has 0 rings (SSSR count). The summed E-state index contributed by atoms with van der Waals surface area (Å²) in [4.78, 5) is 0. The van der Waals surface area contributed by atoms with Gasteiger partial charge in [0.2, 0.25) is 0 Å². The summed E-state index contributed by atoms with van der Waals surface area (Å²) >= 11 is 0. The van der Waals surface area contributed by atoms with Crippen molar-refractivity contribution in [2.75, 3.05) is 13.7 Å². The van der Waals surface area contributed by atoms with Gasteiger partial charge in [0.15, 0.2) is 0 Å². The highest BCUT2D eigenvalue weighted by molar-refractivity contribution is 4.31. The maximum Gasteiger partial charge on any atom is 0.0462 e. The summed E-state index contributed by atoms with van der Waals surface area (Å²) in [6.07, 6.45) is 0.872. The van der Waals surface area contributed by atoms with Gasteiger partial charge >= 0.3 is 0 Å². The Labute approximate surface area is 39.1 Å². The zero-order valence-corrected chi connectivity index (χ0v) is 4.24. The van der Waals surface area contributed by atoms with Crippen molar-refractivity contribution in [2.45, 2.75) is 6.42 Å². The monoisotopic (exact) mass is 90.1 g/mol. The summed E-state index contributed by atoms with van der Waals surface area (Å²) in [7, 11) is 1.67. The van der Waals surface area contributed by atoms with Crippen molar-refractivity contribution in [3.63, 3.8) is 0 Å². The zero-order chi connectivity index (χ0) is 4.12. The van der Waals surface area contributed by atoms with E-state index in [-0.39, 0.29) is 6.15 Å². The van der Waals surface area contributed by atoms with Crippen LogP contribution in [0.1, 0.15) is 6.42 Å². The normalized spacial score (nSPS) is 7.00. The molecule has 2 heteroatoms. The van der Waals surface area contributed by atoms with Gasteiger partial charge in [-0.3, -0.25) is 0 Å². The van der Waals surface area contributed by atoms with Crippen LogP contribution in [0.4, 0.5) is 0 Å². The lowest BCUT2D eigenvalue weighted by molar-refractivity contribution is 0.204. The van der Waals surface area contributed by atoms with E-state index in [9.17, 15) is 0 Å². The molecule has 0 aliphatic heterocycles. The highest BCUT2D eigenvalue weighted by atomic mass is 16.5. The molecule has 6 heavy (non-hydrogen) atoms. The van der Waals surface area contributed by atoms with E-state index in [1.54, 1.807) is 7.11 Å². The summed E-state index contributed by atoms with van der Waals surface area (Å²) in [5.74, 6) is 0. The molecule has 39 valence electrons. The Kier molecular flexibility index (Phi) is 13.8. The van der Waals surface area contributed by atoms with Crippen LogP contribution in [0.2, 0.25) is 0 Å². The minimum atomic E-state index is 0. The van der Waals surface area contributed by atoms with E-state index in [0.29, 0.717) is 0 Å². The lowest BCUT2D eigenvalue weighted by atomic mass is 10.5. The van der Waals surface area contributed by atoms with Gasteiger partial charge in [-0.1, -0.05) is 6.92 Å². The predicted octanol–water partition coefficient (Wildman–Crippen LogP) is 1.02. The Balaban J connectivity index is 0. The first-order valence-corrected chi connectivity index (χ1v) is 1.70. The van der Waals surface area contributed by atoms with Crippen molar-refractivity contribution < 1.29 is 4.74 Å². The molecule has 0 aliphatic rings. The van der Waals surface area contributed by atoms with Gasteiger partial charge < -0.3 is 10.9 Å². The van der Waals surface area contributed by atoms with Crippen LogP contribution in [-0.2, 0) is 4.74 Å². The quantitative estimate of drug-likeness (QED) is 0.550. The van der Waals surface area contributed by atoms with Crippen LogP contribution in [-0.4, -0.2) is 13.7 Å². The molecule has 3 N–H and O–H groups in total. The maximum absolute atomic E-state index is 4.63. The van der Waals surface area contributed by atoms with E-state index in [0.717, 1.165) is 13.0 Å². The van der Waals surface area contributed by atoms with E-state index in [4.69, 9.17) is 0 Å². The summed E-state index contributed by atoms with van der Waals surface area (Å²) in [5, 5.41) is 0. The SMILES string of the molecule is N.[CH2]CCOC. The molecule has 1 radical (unpaired) electrons. The highest BCUT2D eigenvalue weighted by Gasteiger charge is 1.66. The standard InChI is InChI=1S/C4H9O.H3N/c1-3-4-5-2;/h1,3-4H2,2H3;1H3. The van der Waals surface area contributed by atoms with Gasteiger partial charge in [0, 0.05) is 13.7 Å².